The number of aromatic hydroxyl groups is 1. The van der Waals surface area contributed by atoms with Gasteiger partial charge in [0, 0.05) is 6.42 Å². The number of hydrogen-bond acceptors (Lipinski definition) is 2. The molecule has 0 saturated heterocycles. The predicted octanol–water partition coefficient (Wildman–Crippen LogP) is 3.26. The van der Waals surface area contributed by atoms with E-state index >= 15 is 0 Å². The zero-order chi connectivity index (χ0) is 11.1. The Hall–Kier alpha value is -1.31. The van der Waals surface area contributed by atoms with Crippen LogP contribution in [-0.2, 0) is 4.79 Å². The highest BCUT2D eigenvalue weighted by molar-refractivity contribution is 5.51. The van der Waals surface area contributed by atoms with Crippen LogP contribution in [0, 0.1) is 0 Å². The topological polar surface area (TPSA) is 37.3 Å². The van der Waals surface area contributed by atoms with Crippen LogP contribution in [0.1, 0.15) is 44.1 Å². The molecule has 0 aliphatic rings. The molecule has 0 saturated carbocycles. The van der Waals surface area contributed by atoms with Gasteiger partial charge in [-0.05, 0) is 30.0 Å². The van der Waals surface area contributed by atoms with Gasteiger partial charge in [-0.2, -0.15) is 0 Å². The van der Waals surface area contributed by atoms with Gasteiger partial charge in [0.1, 0.15) is 12.0 Å². The second-order valence-electron chi connectivity index (χ2n) is 3.83. The molecule has 1 N–H and O–H groups in total. The lowest BCUT2D eigenvalue weighted by atomic mass is 9.91. The van der Waals surface area contributed by atoms with E-state index in [-0.39, 0.29) is 5.75 Å². The first-order valence-electron chi connectivity index (χ1n) is 5.50. The molecule has 0 radical (unpaired) electrons. The van der Waals surface area contributed by atoms with Crippen LogP contribution < -0.4 is 0 Å². The third-order valence-corrected chi connectivity index (χ3v) is 2.65. The van der Waals surface area contributed by atoms with Crippen LogP contribution in [0.2, 0.25) is 0 Å². The van der Waals surface area contributed by atoms with Gasteiger partial charge in [0.15, 0.2) is 0 Å². The maximum atomic E-state index is 10.6. The molecule has 1 unspecified atom stereocenters. The first kappa shape index (κ1) is 11.8. The fourth-order valence-corrected chi connectivity index (χ4v) is 1.73. The molecule has 0 amide bonds. The highest BCUT2D eigenvalue weighted by Gasteiger charge is 2.10. The highest BCUT2D eigenvalue weighted by atomic mass is 16.3. The van der Waals surface area contributed by atoms with Crippen LogP contribution in [-0.4, -0.2) is 11.4 Å². The van der Waals surface area contributed by atoms with Gasteiger partial charge in [-0.15, -0.1) is 0 Å². The zero-order valence-electron chi connectivity index (χ0n) is 9.15. The quantitative estimate of drug-likeness (QED) is 0.725. The summed E-state index contributed by atoms with van der Waals surface area (Å²) in [6.07, 6.45) is 4.88. The zero-order valence-corrected chi connectivity index (χ0v) is 9.15. The number of carbonyl (C=O) groups is 1. The average molecular weight is 206 g/mol. The Bertz CT molecular complexity index is 290. The van der Waals surface area contributed by atoms with E-state index in [4.69, 9.17) is 0 Å². The first-order chi connectivity index (χ1) is 7.27. The van der Waals surface area contributed by atoms with Crippen molar-refractivity contribution in [1.29, 1.82) is 0 Å². The lowest BCUT2D eigenvalue weighted by molar-refractivity contribution is -0.108. The van der Waals surface area contributed by atoms with Gasteiger partial charge in [0.2, 0.25) is 0 Å². The van der Waals surface area contributed by atoms with Crippen LogP contribution in [0.15, 0.2) is 24.3 Å². The standard InChI is InChI=1S/C13H18O2/c1-2-3-4-11(9-10-14)12-5-7-13(15)8-6-12/h5-8,10-11,15H,2-4,9H2,1H3. The molecule has 2 heteroatoms. The van der Waals surface area contributed by atoms with Crippen molar-refractivity contribution in [2.45, 2.75) is 38.5 Å². The van der Waals surface area contributed by atoms with Crippen molar-refractivity contribution in [2.24, 2.45) is 0 Å². The Morgan fingerprint density at radius 3 is 2.53 bits per heavy atom. The van der Waals surface area contributed by atoms with Crippen molar-refractivity contribution in [2.75, 3.05) is 0 Å². The fourth-order valence-electron chi connectivity index (χ4n) is 1.73. The number of phenols is 1. The Morgan fingerprint density at radius 2 is 2.00 bits per heavy atom. The number of aldehydes is 1. The fraction of sp³-hybridized carbons (Fsp3) is 0.462. The molecule has 0 spiro atoms. The third kappa shape index (κ3) is 3.74. The molecule has 1 aromatic rings. The minimum absolute atomic E-state index is 0.277. The number of phenolic OH excluding ortho intramolecular Hbond substituents is 1. The molecule has 0 fully saturated rings. The van der Waals surface area contributed by atoms with Crippen LogP contribution in [0.4, 0.5) is 0 Å². The van der Waals surface area contributed by atoms with Crippen LogP contribution in [0.25, 0.3) is 0 Å². The van der Waals surface area contributed by atoms with Gasteiger partial charge in [-0.3, -0.25) is 0 Å². The molecular weight excluding hydrogens is 188 g/mol. The van der Waals surface area contributed by atoms with E-state index in [1.165, 1.54) is 0 Å². The lowest BCUT2D eigenvalue weighted by Gasteiger charge is -2.13. The SMILES string of the molecule is CCCCC(CC=O)c1ccc(O)cc1. The molecule has 15 heavy (non-hydrogen) atoms. The normalized spacial score (nSPS) is 12.3. The summed E-state index contributed by atoms with van der Waals surface area (Å²) < 4.78 is 0. The number of unbranched alkanes of at least 4 members (excludes halogenated alkanes) is 1. The summed E-state index contributed by atoms with van der Waals surface area (Å²) in [5.74, 6) is 0.585. The van der Waals surface area contributed by atoms with Crippen molar-refractivity contribution in [3.05, 3.63) is 29.8 Å². The van der Waals surface area contributed by atoms with Gasteiger partial charge < -0.3 is 9.90 Å². The smallest absolute Gasteiger partial charge is 0.120 e. The maximum Gasteiger partial charge on any atom is 0.120 e. The summed E-state index contributed by atoms with van der Waals surface area (Å²) in [4.78, 5) is 10.6. The van der Waals surface area contributed by atoms with Crippen molar-refractivity contribution in [3.63, 3.8) is 0 Å². The van der Waals surface area contributed by atoms with E-state index in [2.05, 4.69) is 6.92 Å². The van der Waals surface area contributed by atoms with E-state index in [0.29, 0.717) is 12.3 Å². The Morgan fingerprint density at radius 1 is 1.33 bits per heavy atom. The summed E-state index contributed by atoms with van der Waals surface area (Å²) in [6, 6.07) is 7.16. The van der Waals surface area contributed by atoms with Gasteiger partial charge in [0.05, 0.1) is 0 Å². The minimum atomic E-state index is 0.277. The summed E-state index contributed by atoms with van der Waals surface area (Å²) in [5, 5.41) is 9.17. The Kier molecular flexibility index (Phi) is 4.88. The average Bonchev–Trinajstić information content (AvgIpc) is 2.25. The van der Waals surface area contributed by atoms with Gasteiger partial charge >= 0.3 is 0 Å². The number of hydrogen-bond donors (Lipinski definition) is 1. The highest BCUT2D eigenvalue weighted by Crippen LogP contribution is 2.26. The lowest BCUT2D eigenvalue weighted by Crippen LogP contribution is -1.99. The van der Waals surface area contributed by atoms with Gasteiger partial charge in [-0.25, -0.2) is 0 Å². The van der Waals surface area contributed by atoms with Crippen LogP contribution >= 0.6 is 0 Å². The molecular formula is C13H18O2. The van der Waals surface area contributed by atoms with Crippen LogP contribution in [0.5, 0.6) is 5.75 Å². The number of rotatable bonds is 6. The molecule has 1 aromatic carbocycles. The molecule has 0 aromatic heterocycles. The molecule has 0 aliphatic heterocycles. The monoisotopic (exact) mass is 206 g/mol. The molecule has 0 bridgehead atoms. The third-order valence-electron chi connectivity index (χ3n) is 2.65. The van der Waals surface area contributed by atoms with Crippen molar-refractivity contribution < 1.29 is 9.90 Å². The number of benzene rings is 1. The van der Waals surface area contributed by atoms with E-state index in [1.807, 2.05) is 12.1 Å². The second kappa shape index (κ2) is 6.23. The van der Waals surface area contributed by atoms with E-state index in [0.717, 1.165) is 31.1 Å². The summed E-state index contributed by atoms with van der Waals surface area (Å²) in [7, 11) is 0. The summed E-state index contributed by atoms with van der Waals surface area (Å²) in [5.41, 5.74) is 1.15. The van der Waals surface area contributed by atoms with E-state index in [9.17, 15) is 9.90 Å². The van der Waals surface area contributed by atoms with Gasteiger partial charge in [-0.1, -0.05) is 31.9 Å². The predicted molar refractivity (Wildman–Crippen MR) is 61.1 cm³/mol. The molecule has 0 heterocycles. The first-order valence-corrected chi connectivity index (χ1v) is 5.50. The summed E-state index contributed by atoms with van der Waals surface area (Å²) >= 11 is 0. The maximum absolute atomic E-state index is 10.6. The molecule has 1 rings (SSSR count). The molecule has 1 atom stereocenters. The van der Waals surface area contributed by atoms with Crippen molar-refractivity contribution >= 4 is 6.29 Å². The van der Waals surface area contributed by atoms with Crippen molar-refractivity contribution in [1.82, 2.24) is 0 Å². The van der Waals surface area contributed by atoms with Gasteiger partial charge in [0.25, 0.3) is 0 Å². The van der Waals surface area contributed by atoms with Crippen molar-refractivity contribution in [3.8, 4) is 5.75 Å². The minimum Gasteiger partial charge on any atom is -0.508 e. The number of carbonyl (C=O) groups excluding carboxylic acids is 1. The molecule has 82 valence electrons. The Balaban J connectivity index is 2.69. The largest absolute Gasteiger partial charge is 0.508 e. The van der Waals surface area contributed by atoms with E-state index in [1.54, 1.807) is 12.1 Å². The molecule has 2 nitrogen and oxygen atoms in total. The Labute approximate surface area is 90.9 Å². The van der Waals surface area contributed by atoms with E-state index < -0.39 is 0 Å². The molecule has 0 aliphatic carbocycles. The van der Waals surface area contributed by atoms with Crippen LogP contribution in [0.3, 0.4) is 0 Å². The second-order valence-corrected chi connectivity index (χ2v) is 3.83. The summed E-state index contributed by atoms with van der Waals surface area (Å²) in [6.45, 7) is 2.15.